The quantitative estimate of drug-likeness (QED) is 0.159. The maximum atomic E-state index is 8.25. The third kappa shape index (κ3) is 72.1. The lowest BCUT2D eigenvalue weighted by Crippen LogP contribution is -2.02. The highest BCUT2D eigenvalue weighted by Gasteiger charge is 2.19. The zero-order valence-electron chi connectivity index (χ0n) is 16.8. The van der Waals surface area contributed by atoms with Gasteiger partial charge in [0.15, 0.2) is 15.2 Å². The molecular weight excluding hydrogens is 710 g/mol. The molecule has 0 heterocycles. The van der Waals surface area contributed by atoms with Gasteiger partial charge in [0.05, 0.1) is 0 Å². The molecule has 17 heteroatoms. The van der Waals surface area contributed by atoms with Crippen molar-refractivity contribution < 1.29 is 20.4 Å². The summed E-state index contributed by atoms with van der Waals surface area (Å²) in [5.74, 6) is 0. The van der Waals surface area contributed by atoms with Crippen molar-refractivity contribution in [2.75, 3.05) is 26.4 Å². The first-order valence-electron chi connectivity index (χ1n) is 8.95. The topological polar surface area (TPSA) is 80.9 Å². The molecule has 0 aliphatic heterocycles. The average molecular weight is 742 g/mol. The number of rotatable bonds is 8. The molecule has 208 valence electrons. The molecule has 0 unspecified atom stereocenters. The molecule has 0 atom stereocenters. The lowest BCUT2D eigenvalue weighted by molar-refractivity contribution is 0.285. The monoisotopic (exact) mass is 736 g/mol. The van der Waals surface area contributed by atoms with Crippen LogP contribution in [0.2, 0.25) is 0 Å². The van der Waals surface area contributed by atoms with Crippen molar-refractivity contribution in [1.82, 2.24) is 0 Å². The van der Waals surface area contributed by atoms with E-state index in [-0.39, 0.29) is 37.4 Å². The van der Waals surface area contributed by atoms with E-state index in [4.69, 9.17) is 160 Å². The molecule has 0 radical (unpaired) electrons. The second-order valence-corrected chi connectivity index (χ2v) is 15.8. The number of aliphatic hydroxyl groups excluding tert-OH is 4. The predicted octanol–water partition coefficient (Wildman–Crippen LogP) is 7.06. The van der Waals surface area contributed by atoms with Crippen molar-refractivity contribution in [3.63, 3.8) is 0 Å². The van der Waals surface area contributed by atoms with E-state index in [2.05, 4.69) is 0 Å². The third-order valence-corrected chi connectivity index (χ3v) is 4.74. The van der Waals surface area contributed by atoms with Crippen molar-refractivity contribution in [3.8, 4) is 0 Å². The van der Waals surface area contributed by atoms with E-state index in [1.807, 2.05) is 0 Å². The van der Waals surface area contributed by atoms with Gasteiger partial charge in [-0.3, -0.25) is 0 Å². The molecule has 0 amide bonds. The van der Waals surface area contributed by atoms with Crippen molar-refractivity contribution in [2.45, 2.75) is 66.5 Å². The largest absolute Gasteiger partial charge is 0.396 e. The van der Waals surface area contributed by atoms with Gasteiger partial charge in [-0.05, 0) is 62.3 Å². The van der Waals surface area contributed by atoms with E-state index in [0.29, 0.717) is 51.4 Å². The van der Waals surface area contributed by atoms with Crippen LogP contribution >= 0.6 is 139 Å². The van der Waals surface area contributed by atoms with E-state index in [1.54, 1.807) is 0 Å². The molecule has 0 rings (SSSR count). The summed E-state index contributed by atoms with van der Waals surface area (Å²) in [5.41, 5.74) is 0. The predicted molar refractivity (Wildman–Crippen MR) is 158 cm³/mol. The molecule has 0 aliphatic rings. The van der Waals surface area contributed by atoms with Crippen LogP contribution in [-0.2, 0) is 0 Å². The highest BCUT2D eigenvalue weighted by Crippen LogP contribution is 2.32. The van der Waals surface area contributed by atoms with Gasteiger partial charge >= 0.3 is 0 Å². The normalized spacial score (nSPS) is 11.6. The fraction of sp³-hybridized carbons (Fsp3) is 1.00. The maximum Gasteiger partial charge on any atom is 0.190 e. The molecule has 4 nitrogen and oxygen atoms in total. The number of hydrogen-bond acceptors (Lipinski definition) is 4. The Kier molecular flexibility index (Phi) is 38.1. The van der Waals surface area contributed by atoms with E-state index < -0.39 is 15.2 Å². The van der Waals surface area contributed by atoms with Crippen molar-refractivity contribution in [2.24, 2.45) is 0 Å². The van der Waals surface area contributed by atoms with Crippen LogP contribution in [0.15, 0.2) is 0 Å². The number of halogens is 12. The van der Waals surface area contributed by atoms with Gasteiger partial charge in [0.25, 0.3) is 0 Å². The van der Waals surface area contributed by atoms with Gasteiger partial charge in [-0.15, -0.1) is 0 Å². The summed E-state index contributed by atoms with van der Waals surface area (Å²) in [7, 11) is 0. The third-order valence-electron chi connectivity index (χ3n) is 2.47. The van der Waals surface area contributed by atoms with Crippen LogP contribution in [0.5, 0.6) is 0 Å². The van der Waals surface area contributed by atoms with Gasteiger partial charge in [-0.25, -0.2) is 0 Å². The Hall–Kier alpha value is 3.54. The van der Waals surface area contributed by atoms with E-state index >= 15 is 0 Å². The molecule has 33 heavy (non-hydrogen) atoms. The van der Waals surface area contributed by atoms with Gasteiger partial charge in [0, 0.05) is 26.4 Å². The molecule has 0 spiro atoms. The molecule has 4 N–H and O–H groups in total. The molecule has 0 saturated heterocycles. The highest BCUT2D eigenvalue weighted by atomic mass is 35.6. The van der Waals surface area contributed by atoms with Crippen LogP contribution in [0.25, 0.3) is 0 Å². The van der Waals surface area contributed by atoms with Crippen LogP contribution in [-0.4, -0.2) is 73.0 Å². The first-order chi connectivity index (χ1) is 14.2. The van der Waals surface area contributed by atoms with E-state index in [1.165, 1.54) is 0 Å². The van der Waals surface area contributed by atoms with Crippen molar-refractivity contribution >= 4 is 150 Å². The van der Waals surface area contributed by atoms with Gasteiger partial charge in [0.2, 0.25) is 0 Å². The Labute approximate surface area is 261 Å². The number of aliphatic hydroxyl groups is 4. The molecule has 0 bridgehead atoms. The van der Waals surface area contributed by atoms with Crippen LogP contribution in [0.4, 0.5) is 0 Å². The minimum atomic E-state index is -1.19. The highest BCUT2D eigenvalue weighted by molar-refractivity contribution is 6.68. The van der Waals surface area contributed by atoms with Crippen LogP contribution < -0.4 is 0 Å². The minimum absolute atomic E-state index is 0. The SMILES string of the molecule is OCCCC(Cl)(Cl)Cl.OCCCC(Cl)(Cl)Cl.OCCCC(Cl)(Cl)Cl.OCCCC(Cl)(Cl)Cl.[SiH4]. The second-order valence-electron chi connectivity index (χ2n) is 5.77. The van der Waals surface area contributed by atoms with E-state index in [9.17, 15) is 0 Å². The summed E-state index contributed by atoms with van der Waals surface area (Å²) >= 11 is 64.0. The summed E-state index contributed by atoms with van der Waals surface area (Å²) in [4.78, 5) is 0. The Morgan fingerprint density at radius 1 is 0.333 bits per heavy atom. The van der Waals surface area contributed by atoms with Crippen LogP contribution in [0.1, 0.15) is 51.4 Å². The van der Waals surface area contributed by atoms with Gasteiger partial charge < -0.3 is 20.4 Å². The summed E-state index contributed by atoms with van der Waals surface area (Å²) in [6.45, 7) is 0.309. The summed E-state index contributed by atoms with van der Waals surface area (Å²) in [6.07, 6.45) is 3.80. The standard InChI is InChI=1S/4C4H7Cl3O.H4Si/c4*5-4(6,7)2-1-3-8;/h4*8H,1-3H2;1H4. The smallest absolute Gasteiger partial charge is 0.190 e. The Morgan fingerprint density at radius 2 is 0.455 bits per heavy atom. The average Bonchev–Trinajstić information content (AvgIpc) is 2.60. The first kappa shape index (κ1) is 46.4. The van der Waals surface area contributed by atoms with Crippen LogP contribution in [0, 0.1) is 0 Å². The first-order valence-corrected chi connectivity index (χ1v) is 13.5. The fourth-order valence-electron chi connectivity index (χ4n) is 1.12. The zero-order chi connectivity index (χ0) is 26.5. The maximum absolute atomic E-state index is 8.25. The molecule has 0 aliphatic carbocycles. The summed E-state index contributed by atoms with van der Waals surface area (Å²) in [6, 6.07) is 0. The summed E-state index contributed by atoms with van der Waals surface area (Å²) < 4.78 is -4.77. The number of alkyl halides is 12. The Bertz CT molecular complexity index is 314. The Balaban J connectivity index is -0.000000105. The molecule has 0 fully saturated rings. The second kappa shape index (κ2) is 27.1. The molecule has 0 aromatic rings. The molecule has 0 saturated carbocycles. The lowest BCUT2D eigenvalue weighted by atomic mass is 10.4. The van der Waals surface area contributed by atoms with Crippen molar-refractivity contribution in [1.29, 1.82) is 0 Å². The van der Waals surface area contributed by atoms with Crippen LogP contribution in [0.3, 0.4) is 0 Å². The Morgan fingerprint density at radius 3 is 0.485 bits per heavy atom. The summed E-state index contributed by atoms with van der Waals surface area (Å²) in [5, 5.41) is 33.0. The van der Waals surface area contributed by atoms with Gasteiger partial charge in [0.1, 0.15) is 0 Å². The lowest BCUT2D eigenvalue weighted by Gasteiger charge is -2.07. The zero-order valence-corrected chi connectivity index (χ0v) is 25.9. The van der Waals surface area contributed by atoms with E-state index in [0.717, 1.165) is 0 Å². The minimum Gasteiger partial charge on any atom is -0.396 e. The molecular formula is C16H32Cl12O4Si. The number of hydrogen-bond donors (Lipinski definition) is 4. The molecule has 0 aromatic heterocycles. The fourth-order valence-corrected chi connectivity index (χ4v) is 2.72. The van der Waals surface area contributed by atoms with Gasteiger partial charge in [-0.1, -0.05) is 139 Å². The van der Waals surface area contributed by atoms with Crippen molar-refractivity contribution in [3.05, 3.63) is 0 Å². The molecule has 0 aromatic carbocycles. The van der Waals surface area contributed by atoms with Gasteiger partial charge in [-0.2, -0.15) is 0 Å².